The molecule has 1 aliphatic heterocycles. The highest BCUT2D eigenvalue weighted by atomic mass is 16.2. The Morgan fingerprint density at radius 1 is 0.931 bits per heavy atom. The van der Waals surface area contributed by atoms with Crippen LogP contribution in [0.4, 0.5) is 17.3 Å². The molecule has 1 fully saturated rings. The maximum atomic E-state index is 12.6. The molecule has 0 radical (unpaired) electrons. The quantitative estimate of drug-likeness (QED) is 0.740. The molecule has 3 heterocycles. The minimum atomic E-state index is 0.0487. The highest BCUT2D eigenvalue weighted by Gasteiger charge is 2.23. The second-order valence-electron chi connectivity index (χ2n) is 7.16. The van der Waals surface area contributed by atoms with E-state index in [1.807, 2.05) is 30.0 Å². The molecular weight excluding hydrogens is 364 g/mol. The summed E-state index contributed by atoms with van der Waals surface area (Å²) in [7, 11) is 0. The largest absolute Gasteiger partial charge is 0.353 e. The Kier molecular flexibility index (Phi) is 5.37. The standard InChI is InChI=1S/C22H24N6O/c1-16-3-5-19(6-4-16)26-20-15-21(25-17(2)24-20)27-11-13-28(14-12-27)22(29)18-7-9-23-10-8-18/h3-10,15H,11-14H2,1-2H3,(H,24,25,26). The normalized spacial score (nSPS) is 14.0. The van der Waals surface area contributed by atoms with Crippen molar-refractivity contribution < 1.29 is 4.79 Å². The van der Waals surface area contributed by atoms with Crippen molar-refractivity contribution in [2.45, 2.75) is 13.8 Å². The summed E-state index contributed by atoms with van der Waals surface area (Å²) in [6.45, 7) is 6.74. The Morgan fingerprint density at radius 2 is 1.62 bits per heavy atom. The van der Waals surface area contributed by atoms with Gasteiger partial charge in [-0.25, -0.2) is 9.97 Å². The Morgan fingerprint density at radius 3 is 2.31 bits per heavy atom. The van der Waals surface area contributed by atoms with E-state index in [0.717, 1.165) is 30.4 Å². The number of carbonyl (C=O) groups excluding carboxylic acids is 1. The predicted molar refractivity (Wildman–Crippen MR) is 114 cm³/mol. The van der Waals surface area contributed by atoms with Crippen molar-refractivity contribution in [3.05, 3.63) is 71.8 Å². The van der Waals surface area contributed by atoms with Crippen molar-refractivity contribution in [3.8, 4) is 0 Å². The van der Waals surface area contributed by atoms with Gasteiger partial charge in [-0.15, -0.1) is 0 Å². The maximum absolute atomic E-state index is 12.6. The van der Waals surface area contributed by atoms with Crippen LogP contribution in [0.1, 0.15) is 21.7 Å². The Labute approximate surface area is 170 Å². The van der Waals surface area contributed by atoms with Crippen LogP contribution in [0, 0.1) is 13.8 Å². The van der Waals surface area contributed by atoms with Gasteiger partial charge in [0.1, 0.15) is 17.5 Å². The Balaban J connectivity index is 1.43. The fourth-order valence-electron chi connectivity index (χ4n) is 3.38. The molecule has 0 atom stereocenters. The number of nitrogens with zero attached hydrogens (tertiary/aromatic N) is 5. The number of rotatable bonds is 4. The predicted octanol–water partition coefficient (Wildman–Crippen LogP) is 3.19. The van der Waals surface area contributed by atoms with E-state index in [1.165, 1.54) is 5.56 Å². The van der Waals surface area contributed by atoms with E-state index in [0.29, 0.717) is 24.5 Å². The highest BCUT2D eigenvalue weighted by Crippen LogP contribution is 2.21. The molecule has 2 aromatic heterocycles. The molecule has 1 N–H and O–H groups in total. The number of carbonyl (C=O) groups is 1. The fourth-order valence-corrected chi connectivity index (χ4v) is 3.38. The van der Waals surface area contributed by atoms with Crippen LogP contribution in [-0.2, 0) is 0 Å². The van der Waals surface area contributed by atoms with Crippen molar-refractivity contribution in [2.24, 2.45) is 0 Å². The summed E-state index contributed by atoms with van der Waals surface area (Å²) in [5.41, 5.74) is 2.89. The van der Waals surface area contributed by atoms with Crippen LogP contribution in [0.15, 0.2) is 54.9 Å². The van der Waals surface area contributed by atoms with E-state index in [1.54, 1.807) is 24.5 Å². The highest BCUT2D eigenvalue weighted by molar-refractivity contribution is 5.94. The molecule has 7 nitrogen and oxygen atoms in total. The van der Waals surface area contributed by atoms with Crippen molar-refractivity contribution in [2.75, 3.05) is 36.4 Å². The summed E-state index contributed by atoms with van der Waals surface area (Å²) < 4.78 is 0. The smallest absolute Gasteiger partial charge is 0.254 e. The monoisotopic (exact) mass is 388 g/mol. The van der Waals surface area contributed by atoms with Gasteiger partial charge in [0.05, 0.1) is 0 Å². The second-order valence-corrected chi connectivity index (χ2v) is 7.16. The number of anilines is 3. The number of nitrogens with one attached hydrogen (secondary N) is 1. The van der Waals surface area contributed by atoms with E-state index in [4.69, 9.17) is 0 Å². The maximum Gasteiger partial charge on any atom is 0.254 e. The first-order valence-electron chi connectivity index (χ1n) is 9.72. The van der Waals surface area contributed by atoms with Gasteiger partial charge in [0, 0.05) is 55.9 Å². The fraction of sp³-hybridized carbons (Fsp3) is 0.273. The van der Waals surface area contributed by atoms with Gasteiger partial charge in [-0.1, -0.05) is 17.7 Å². The van der Waals surface area contributed by atoms with Crippen molar-refractivity contribution >= 4 is 23.2 Å². The Bertz CT molecular complexity index is 982. The summed E-state index contributed by atoms with van der Waals surface area (Å²) in [6.07, 6.45) is 3.30. The molecule has 1 aliphatic rings. The number of pyridine rings is 1. The molecule has 0 bridgehead atoms. The van der Waals surface area contributed by atoms with Gasteiger partial charge in [-0.3, -0.25) is 9.78 Å². The summed E-state index contributed by atoms with van der Waals surface area (Å²) in [5, 5.41) is 3.35. The Hall–Kier alpha value is -3.48. The second kappa shape index (κ2) is 8.26. The third kappa shape index (κ3) is 4.51. The topological polar surface area (TPSA) is 74.2 Å². The first-order chi connectivity index (χ1) is 14.1. The first kappa shape index (κ1) is 18.9. The third-order valence-electron chi connectivity index (χ3n) is 4.97. The number of hydrogen-bond acceptors (Lipinski definition) is 6. The molecule has 7 heteroatoms. The average molecular weight is 388 g/mol. The lowest BCUT2D eigenvalue weighted by Crippen LogP contribution is -2.49. The minimum absolute atomic E-state index is 0.0487. The summed E-state index contributed by atoms with van der Waals surface area (Å²) in [4.78, 5) is 29.8. The van der Waals surface area contributed by atoms with Crippen LogP contribution in [0.2, 0.25) is 0 Å². The lowest BCUT2D eigenvalue weighted by Gasteiger charge is -2.35. The number of piperazine rings is 1. The first-order valence-corrected chi connectivity index (χ1v) is 9.72. The summed E-state index contributed by atoms with van der Waals surface area (Å²) >= 11 is 0. The van der Waals surface area contributed by atoms with E-state index in [-0.39, 0.29) is 5.91 Å². The van der Waals surface area contributed by atoms with Gasteiger partial charge in [0.25, 0.3) is 5.91 Å². The molecule has 29 heavy (non-hydrogen) atoms. The molecule has 1 aromatic carbocycles. The van der Waals surface area contributed by atoms with Gasteiger partial charge in [-0.2, -0.15) is 0 Å². The molecule has 0 aliphatic carbocycles. The molecule has 0 saturated carbocycles. The molecular formula is C22H24N6O. The van der Waals surface area contributed by atoms with Crippen LogP contribution in [0.5, 0.6) is 0 Å². The zero-order chi connectivity index (χ0) is 20.2. The van der Waals surface area contributed by atoms with Gasteiger partial charge in [0.15, 0.2) is 0 Å². The molecule has 148 valence electrons. The van der Waals surface area contributed by atoms with Crippen molar-refractivity contribution in [1.82, 2.24) is 19.9 Å². The zero-order valence-electron chi connectivity index (χ0n) is 16.7. The number of aryl methyl sites for hydroxylation is 2. The van der Waals surface area contributed by atoms with Gasteiger partial charge in [0.2, 0.25) is 0 Å². The number of benzene rings is 1. The van der Waals surface area contributed by atoms with Gasteiger partial charge >= 0.3 is 0 Å². The summed E-state index contributed by atoms with van der Waals surface area (Å²) in [5.74, 6) is 2.41. The zero-order valence-corrected chi connectivity index (χ0v) is 16.7. The van der Waals surface area contributed by atoms with E-state index in [2.05, 4.69) is 44.2 Å². The molecule has 1 saturated heterocycles. The number of hydrogen-bond donors (Lipinski definition) is 1. The van der Waals surface area contributed by atoms with Gasteiger partial charge < -0.3 is 15.1 Å². The lowest BCUT2D eigenvalue weighted by molar-refractivity contribution is 0.0746. The average Bonchev–Trinajstić information content (AvgIpc) is 2.75. The van der Waals surface area contributed by atoms with E-state index in [9.17, 15) is 4.79 Å². The van der Waals surface area contributed by atoms with Crippen LogP contribution in [0.3, 0.4) is 0 Å². The van der Waals surface area contributed by atoms with Crippen molar-refractivity contribution in [1.29, 1.82) is 0 Å². The van der Waals surface area contributed by atoms with Crippen LogP contribution >= 0.6 is 0 Å². The SMILES string of the molecule is Cc1ccc(Nc2cc(N3CCN(C(=O)c4ccncc4)CC3)nc(C)n2)cc1. The van der Waals surface area contributed by atoms with E-state index >= 15 is 0 Å². The third-order valence-corrected chi connectivity index (χ3v) is 4.97. The van der Waals surface area contributed by atoms with Crippen LogP contribution in [0.25, 0.3) is 0 Å². The van der Waals surface area contributed by atoms with Crippen LogP contribution in [-0.4, -0.2) is 51.9 Å². The van der Waals surface area contributed by atoms with Crippen molar-refractivity contribution in [3.63, 3.8) is 0 Å². The number of aromatic nitrogens is 3. The molecule has 3 aromatic rings. The summed E-state index contributed by atoms with van der Waals surface area (Å²) in [6, 6.07) is 13.7. The molecule has 0 spiro atoms. The van der Waals surface area contributed by atoms with Crippen LogP contribution < -0.4 is 10.2 Å². The minimum Gasteiger partial charge on any atom is -0.353 e. The van der Waals surface area contributed by atoms with E-state index < -0.39 is 0 Å². The number of amides is 1. The lowest BCUT2D eigenvalue weighted by atomic mass is 10.2. The van der Waals surface area contributed by atoms with Gasteiger partial charge in [-0.05, 0) is 38.1 Å². The molecule has 4 rings (SSSR count). The molecule has 0 unspecified atom stereocenters. The molecule has 1 amide bonds.